The van der Waals surface area contributed by atoms with E-state index in [1.54, 1.807) is 12.1 Å². The Hall–Kier alpha value is -1.44. The second kappa shape index (κ2) is 6.55. The van der Waals surface area contributed by atoms with Crippen molar-refractivity contribution >= 4 is 16.0 Å². The van der Waals surface area contributed by atoms with Gasteiger partial charge in [-0.2, -0.15) is 0 Å². The lowest BCUT2D eigenvalue weighted by molar-refractivity contribution is -0.136. The first kappa shape index (κ1) is 15.9. The normalized spacial score (nSPS) is 21.8. The Morgan fingerprint density at radius 1 is 1.24 bits per heavy atom. The van der Waals surface area contributed by atoms with Crippen molar-refractivity contribution in [2.75, 3.05) is 6.54 Å². The van der Waals surface area contributed by atoms with Crippen LogP contribution in [0.3, 0.4) is 0 Å². The molecule has 1 aromatic carbocycles. The monoisotopic (exact) mass is 313 g/mol. The molecule has 0 bridgehead atoms. The molecule has 1 aromatic rings. The minimum atomic E-state index is -3.55. The summed E-state index contributed by atoms with van der Waals surface area (Å²) in [6, 6.07) is 6.22. The lowest BCUT2D eigenvalue weighted by Crippen LogP contribution is -2.38. The number of hydrogen-bond donors (Lipinski definition) is 3. The third-order valence-electron chi connectivity index (χ3n) is 3.63. The van der Waals surface area contributed by atoms with E-state index in [9.17, 15) is 13.2 Å². The molecule has 1 saturated carbocycles. The minimum Gasteiger partial charge on any atom is -0.481 e. The molecule has 1 fully saturated rings. The van der Waals surface area contributed by atoms with Gasteiger partial charge in [-0.05, 0) is 42.9 Å². The number of sulfonamides is 1. The quantitative estimate of drug-likeness (QED) is 0.689. The number of aliphatic hydroxyl groups excluding tert-OH is 1. The van der Waals surface area contributed by atoms with Crippen LogP contribution in [0.4, 0.5) is 0 Å². The minimum absolute atomic E-state index is 0.0222. The van der Waals surface area contributed by atoms with Gasteiger partial charge >= 0.3 is 5.97 Å². The molecule has 6 nitrogen and oxygen atoms in total. The molecule has 116 valence electrons. The molecule has 0 saturated heterocycles. The largest absolute Gasteiger partial charge is 0.481 e. The Kier molecular flexibility index (Phi) is 4.97. The lowest BCUT2D eigenvalue weighted by Gasteiger charge is -2.31. The maximum Gasteiger partial charge on any atom is 0.303 e. The molecule has 0 unspecified atom stereocenters. The van der Waals surface area contributed by atoms with E-state index >= 15 is 0 Å². The van der Waals surface area contributed by atoms with Crippen LogP contribution in [0, 0.1) is 5.92 Å². The van der Waals surface area contributed by atoms with Crippen LogP contribution in [0.15, 0.2) is 29.2 Å². The van der Waals surface area contributed by atoms with Gasteiger partial charge in [0.05, 0.1) is 11.0 Å². The van der Waals surface area contributed by atoms with Crippen LogP contribution >= 0.6 is 0 Å². The number of aliphatic hydroxyl groups is 1. The van der Waals surface area contributed by atoms with Crippen LogP contribution in [-0.2, 0) is 21.2 Å². The SMILES string of the molecule is O=C(O)CCc1ccc(S(=O)(=O)NCC2CC(O)C2)cc1. The van der Waals surface area contributed by atoms with Crippen molar-refractivity contribution in [1.29, 1.82) is 0 Å². The van der Waals surface area contributed by atoms with Crippen LogP contribution in [0.2, 0.25) is 0 Å². The van der Waals surface area contributed by atoms with Crippen LogP contribution in [-0.4, -0.2) is 37.2 Å². The third kappa shape index (κ3) is 4.52. The number of benzene rings is 1. The van der Waals surface area contributed by atoms with E-state index in [-0.39, 0.29) is 23.3 Å². The first-order chi connectivity index (χ1) is 9.87. The molecule has 0 aromatic heterocycles. The van der Waals surface area contributed by atoms with Gasteiger partial charge in [-0.3, -0.25) is 4.79 Å². The van der Waals surface area contributed by atoms with Crippen LogP contribution in [0.1, 0.15) is 24.8 Å². The molecule has 0 atom stereocenters. The van der Waals surface area contributed by atoms with Gasteiger partial charge in [0.15, 0.2) is 0 Å². The summed E-state index contributed by atoms with van der Waals surface area (Å²) in [6.07, 6.45) is 1.37. The Morgan fingerprint density at radius 3 is 2.38 bits per heavy atom. The topological polar surface area (TPSA) is 104 Å². The van der Waals surface area contributed by atoms with Crippen LogP contribution in [0.25, 0.3) is 0 Å². The van der Waals surface area contributed by atoms with Crippen molar-refractivity contribution in [3.63, 3.8) is 0 Å². The predicted molar refractivity (Wildman–Crippen MR) is 76.3 cm³/mol. The standard InChI is InChI=1S/C14H19NO5S/c16-12-7-11(8-12)9-15-21(19,20)13-4-1-10(2-5-13)3-6-14(17)18/h1-2,4-5,11-12,15-16H,3,6-9H2,(H,17,18). The number of carboxylic acids is 1. The first-order valence-electron chi connectivity index (χ1n) is 6.85. The highest BCUT2D eigenvalue weighted by atomic mass is 32.2. The number of aryl methyl sites for hydroxylation is 1. The van der Waals surface area contributed by atoms with Crippen molar-refractivity contribution in [2.24, 2.45) is 5.92 Å². The average molecular weight is 313 g/mol. The number of carboxylic acid groups (broad SMARTS) is 1. The molecule has 0 amide bonds. The summed E-state index contributed by atoms with van der Waals surface area (Å²) in [5.74, 6) is -0.680. The van der Waals surface area contributed by atoms with Crippen molar-refractivity contribution in [3.8, 4) is 0 Å². The van der Waals surface area contributed by atoms with Crippen molar-refractivity contribution in [3.05, 3.63) is 29.8 Å². The van der Waals surface area contributed by atoms with Gasteiger partial charge in [-0.25, -0.2) is 13.1 Å². The van der Waals surface area contributed by atoms with Crippen molar-refractivity contribution in [2.45, 2.75) is 36.7 Å². The highest BCUT2D eigenvalue weighted by molar-refractivity contribution is 7.89. The molecule has 7 heteroatoms. The summed E-state index contributed by atoms with van der Waals surface area (Å²) in [5.41, 5.74) is 0.790. The number of nitrogens with one attached hydrogen (secondary N) is 1. The summed E-state index contributed by atoms with van der Waals surface area (Å²) >= 11 is 0. The highest BCUT2D eigenvalue weighted by Crippen LogP contribution is 2.26. The van der Waals surface area contributed by atoms with Gasteiger partial charge in [0.1, 0.15) is 0 Å². The van der Waals surface area contributed by atoms with Crippen LogP contribution < -0.4 is 4.72 Å². The molecular formula is C14H19NO5S. The molecule has 0 radical (unpaired) electrons. The molecule has 2 rings (SSSR count). The molecule has 0 heterocycles. The fourth-order valence-corrected chi connectivity index (χ4v) is 3.38. The zero-order valence-corrected chi connectivity index (χ0v) is 12.3. The molecule has 0 spiro atoms. The zero-order chi connectivity index (χ0) is 15.5. The maximum absolute atomic E-state index is 12.1. The van der Waals surface area contributed by atoms with Gasteiger partial charge in [-0.15, -0.1) is 0 Å². The van der Waals surface area contributed by atoms with Gasteiger partial charge in [-0.1, -0.05) is 12.1 Å². The van der Waals surface area contributed by atoms with Gasteiger partial charge in [0, 0.05) is 13.0 Å². The Labute approximate surface area is 123 Å². The Bertz CT molecular complexity index is 590. The van der Waals surface area contributed by atoms with E-state index in [0.29, 0.717) is 25.8 Å². The molecule has 1 aliphatic rings. The van der Waals surface area contributed by atoms with E-state index in [0.717, 1.165) is 5.56 Å². The summed E-state index contributed by atoms with van der Waals surface area (Å²) in [6.45, 7) is 0.333. The molecule has 21 heavy (non-hydrogen) atoms. The van der Waals surface area contributed by atoms with Crippen molar-refractivity contribution in [1.82, 2.24) is 4.72 Å². The summed E-state index contributed by atoms with van der Waals surface area (Å²) in [5, 5.41) is 17.8. The number of carbonyl (C=O) groups is 1. The second-order valence-electron chi connectivity index (χ2n) is 5.38. The lowest BCUT2D eigenvalue weighted by atomic mass is 9.83. The number of rotatable bonds is 7. The van der Waals surface area contributed by atoms with E-state index in [4.69, 9.17) is 10.2 Å². The van der Waals surface area contributed by atoms with Crippen molar-refractivity contribution < 1.29 is 23.4 Å². The van der Waals surface area contributed by atoms with E-state index in [1.165, 1.54) is 12.1 Å². The summed E-state index contributed by atoms with van der Waals surface area (Å²) < 4.78 is 26.7. The van der Waals surface area contributed by atoms with Gasteiger partial charge < -0.3 is 10.2 Å². The maximum atomic E-state index is 12.1. The fraction of sp³-hybridized carbons (Fsp3) is 0.500. The molecule has 1 aliphatic carbocycles. The van der Waals surface area contributed by atoms with Crippen LogP contribution in [0.5, 0.6) is 0 Å². The average Bonchev–Trinajstić information content (AvgIpc) is 2.40. The zero-order valence-electron chi connectivity index (χ0n) is 11.5. The predicted octanol–water partition coefficient (Wildman–Crippen LogP) is 0.753. The number of aliphatic carboxylic acids is 1. The molecule has 0 aliphatic heterocycles. The first-order valence-corrected chi connectivity index (χ1v) is 8.33. The summed E-state index contributed by atoms with van der Waals surface area (Å²) in [4.78, 5) is 10.6. The molecular weight excluding hydrogens is 294 g/mol. The van der Waals surface area contributed by atoms with E-state index in [2.05, 4.69) is 4.72 Å². The Balaban J connectivity index is 1.91. The number of hydrogen-bond acceptors (Lipinski definition) is 4. The smallest absolute Gasteiger partial charge is 0.303 e. The second-order valence-corrected chi connectivity index (χ2v) is 7.15. The highest BCUT2D eigenvalue weighted by Gasteiger charge is 2.28. The van der Waals surface area contributed by atoms with E-state index < -0.39 is 16.0 Å². The van der Waals surface area contributed by atoms with Gasteiger partial charge in [0.2, 0.25) is 10.0 Å². The fourth-order valence-electron chi connectivity index (χ4n) is 2.26. The van der Waals surface area contributed by atoms with Gasteiger partial charge in [0.25, 0.3) is 0 Å². The summed E-state index contributed by atoms with van der Waals surface area (Å²) in [7, 11) is -3.55. The Morgan fingerprint density at radius 2 is 1.86 bits per heavy atom. The third-order valence-corrected chi connectivity index (χ3v) is 5.07. The van der Waals surface area contributed by atoms with E-state index in [1.807, 2.05) is 0 Å². The molecule has 3 N–H and O–H groups in total.